The first-order valence-electron chi connectivity index (χ1n) is 9.93. The van der Waals surface area contributed by atoms with Crippen LogP contribution in [0.5, 0.6) is 0 Å². The first-order chi connectivity index (χ1) is 14.7. The van der Waals surface area contributed by atoms with Crippen molar-refractivity contribution in [3.8, 4) is 22.6 Å². The highest BCUT2D eigenvalue weighted by Crippen LogP contribution is 2.23. The van der Waals surface area contributed by atoms with Crippen molar-refractivity contribution in [2.24, 2.45) is 0 Å². The van der Waals surface area contributed by atoms with Crippen molar-refractivity contribution in [1.29, 1.82) is 0 Å². The van der Waals surface area contributed by atoms with Crippen molar-refractivity contribution >= 4 is 15.9 Å². The molecule has 0 amide bonds. The molecular weight excluding hydrogens is 438 g/mol. The fraction of sp³-hybridized carbons (Fsp3) is 0.167. The Morgan fingerprint density at radius 1 is 0.867 bits per heavy atom. The minimum absolute atomic E-state index is 0.775. The van der Waals surface area contributed by atoms with E-state index in [4.69, 9.17) is 4.98 Å². The lowest BCUT2D eigenvalue weighted by Gasteiger charge is -2.28. The molecule has 0 unspecified atom stereocenters. The van der Waals surface area contributed by atoms with Crippen LogP contribution in [0.15, 0.2) is 77.8 Å². The Hall–Kier alpha value is -2.96. The molecule has 148 valence electrons. The van der Waals surface area contributed by atoms with Crippen LogP contribution in [-0.2, 0) is 19.5 Å². The summed E-state index contributed by atoms with van der Waals surface area (Å²) in [4.78, 5) is 20.5. The molecule has 1 aromatic carbocycles. The Morgan fingerprint density at radius 3 is 2.47 bits per heavy atom. The van der Waals surface area contributed by atoms with Gasteiger partial charge in [0.25, 0.3) is 0 Å². The van der Waals surface area contributed by atoms with E-state index in [0.29, 0.717) is 0 Å². The van der Waals surface area contributed by atoms with Crippen LogP contribution in [0.4, 0.5) is 0 Å². The van der Waals surface area contributed by atoms with E-state index in [1.165, 1.54) is 11.1 Å². The van der Waals surface area contributed by atoms with Crippen LogP contribution in [0, 0.1) is 0 Å². The zero-order valence-corrected chi connectivity index (χ0v) is 18.0. The number of hydrogen-bond acceptors (Lipinski definition) is 5. The summed E-state index contributed by atoms with van der Waals surface area (Å²) in [5.41, 5.74) is 6.70. The highest BCUT2D eigenvalue weighted by atomic mass is 79.9. The van der Waals surface area contributed by atoms with Gasteiger partial charge in [-0.15, -0.1) is 0 Å². The fourth-order valence-corrected chi connectivity index (χ4v) is 3.98. The molecule has 0 N–H and O–H groups in total. The van der Waals surface area contributed by atoms with Crippen LogP contribution in [0.25, 0.3) is 22.6 Å². The monoisotopic (exact) mass is 457 g/mol. The number of aromatic nitrogens is 4. The van der Waals surface area contributed by atoms with E-state index < -0.39 is 0 Å². The number of halogens is 1. The van der Waals surface area contributed by atoms with Gasteiger partial charge in [-0.1, -0.05) is 34.1 Å². The van der Waals surface area contributed by atoms with Crippen LogP contribution in [0.3, 0.4) is 0 Å². The molecular formula is C24H20BrN5. The van der Waals surface area contributed by atoms with Crippen LogP contribution in [0.1, 0.15) is 16.8 Å². The second-order valence-electron chi connectivity index (χ2n) is 7.42. The van der Waals surface area contributed by atoms with E-state index in [1.54, 1.807) is 12.4 Å². The molecule has 0 saturated heterocycles. The van der Waals surface area contributed by atoms with Gasteiger partial charge >= 0.3 is 0 Å². The van der Waals surface area contributed by atoms with Crippen LogP contribution in [-0.4, -0.2) is 31.4 Å². The SMILES string of the molecule is Brc1ccc(-c2ccc(CN3CCc4nc(-c5ccncc5)ncc4C3)cn2)cc1. The summed E-state index contributed by atoms with van der Waals surface area (Å²) in [6, 6.07) is 16.4. The number of fused-ring (bicyclic) bond motifs is 1. The third kappa shape index (κ3) is 4.15. The number of hydrogen-bond donors (Lipinski definition) is 0. The minimum atomic E-state index is 0.775. The summed E-state index contributed by atoms with van der Waals surface area (Å²) in [6.07, 6.45) is 8.43. The molecule has 0 spiro atoms. The molecule has 6 heteroatoms. The highest BCUT2D eigenvalue weighted by Gasteiger charge is 2.19. The number of benzene rings is 1. The van der Waals surface area contributed by atoms with E-state index in [0.717, 1.165) is 58.9 Å². The second kappa shape index (κ2) is 8.42. The molecule has 1 aliphatic rings. The third-order valence-electron chi connectivity index (χ3n) is 5.32. The molecule has 0 bridgehead atoms. The fourth-order valence-electron chi connectivity index (χ4n) is 3.72. The standard InChI is InChI=1S/C24H20BrN5/c25-21-4-2-18(3-5-21)22-6-1-17(13-27-22)15-30-12-9-23-20(16-30)14-28-24(29-23)19-7-10-26-11-8-19/h1-8,10-11,13-14H,9,12,15-16H2. The Kier molecular flexibility index (Phi) is 5.34. The molecule has 0 saturated carbocycles. The number of pyridine rings is 2. The van der Waals surface area contributed by atoms with Gasteiger partial charge < -0.3 is 0 Å². The van der Waals surface area contributed by atoms with E-state index >= 15 is 0 Å². The lowest BCUT2D eigenvalue weighted by Crippen LogP contribution is -2.31. The Balaban J connectivity index is 1.27. The third-order valence-corrected chi connectivity index (χ3v) is 5.85. The molecule has 5 nitrogen and oxygen atoms in total. The van der Waals surface area contributed by atoms with Gasteiger partial charge in [0.15, 0.2) is 5.82 Å². The van der Waals surface area contributed by atoms with Gasteiger partial charge in [-0.25, -0.2) is 9.97 Å². The summed E-state index contributed by atoms with van der Waals surface area (Å²) in [7, 11) is 0. The summed E-state index contributed by atoms with van der Waals surface area (Å²) in [5, 5.41) is 0. The Bertz CT molecular complexity index is 1140. The molecule has 0 atom stereocenters. The highest BCUT2D eigenvalue weighted by molar-refractivity contribution is 9.10. The smallest absolute Gasteiger partial charge is 0.159 e. The molecule has 0 radical (unpaired) electrons. The number of rotatable bonds is 4. The first-order valence-corrected chi connectivity index (χ1v) is 10.7. The Morgan fingerprint density at radius 2 is 1.70 bits per heavy atom. The molecule has 5 rings (SSSR count). The normalized spacial score (nSPS) is 13.8. The number of nitrogens with zero attached hydrogens (tertiary/aromatic N) is 5. The van der Waals surface area contributed by atoms with Gasteiger partial charge in [0.05, 0.1) is 11.4 Å². The van der Waals surface area contributed by atoms with E-state index in [2.05, 4.69) is 60.0 Å². The summed E-state index contributed by atoms with van der Waals surface area (Å²) >= 11 is 3.47. The molecule has 4 heterocycles. The summed E-state index contributed by atoms with van der Waals surface area (Å²) < 4.78 is 1.07. The molecule has 3 aromatic heterocycles. The van der Waals surface area contributed by atoms with Crippen molar-refractivity contribution in [3.63, 3.8) is 0 Å². The first kappa shape index (κ1) is 19.0. The van der Waals surface area contributed by atoms with E-state index in [1.807, 2.05) is 36.7 Å². The molecule has 0 fully saturated rings. The zero-order chi connectivity index (χ0) is 20.3. The predicted octanol–water partition coefficient (Wildman–Crippen LogP) is 4.92. The van der Waals surface area contributed by atoms with Gasteiger partial charge in [0.2, 0.25) is 0 Å². The van der Waals surface area contributed by atoms with Crippen molar-refractivity contribution in [1.82, 2.24) is 24.8 Å². The van der Waals surface area contributed by atoms with Gasteiger partial charge in [-0.3, -0.25) is 14.9 Å². The largest absolute Gasteiger partial charge is 0.294 e. The zero-order valence-electron chi connectivity index (χ0n) is 16.4. The molecule has 0 aliphatic carbocycles. The van der Waals surface area contributed by atoms with Crippen LogP contribution < -0.4 is 0 Å². The quantitative estimate of drug-likeness (QED) is 0.435. The minimum Gasteiger partial charge on any atom is -0.294 e. The molecule has 1 aliphatic heterocycles. The maximum Gasteiger partial charge on any atom is 0.159 e. The lowest BCUT2D eigenvalue weighted by molar-refractivity contribution is 0.242. The van der Waals surface area contributed by atoms with Crippen LogP contribution >= 0.6 is 15.9 Å². The maximum atomic E-state index is 4.80. The van der Waals surface area contributed by atoms with Crippen molar-refractivity contribution in [2.45, 2.75) is 19.5 Å². The molecule has 30 heavy (non-hydrogen) atoms. The summed E-state index contributed by atoms with van der Waals surface area (Å²) in [6.45, 7) is 2.72. The van der Waals surface area contributed by atoms with Gasteiger partial charge in [-0.05, 0) is 35.9 Å². The van der Waals surface area contributed by atoms with Crippen molar-refractivity contribution in [2.75, 3.05) is 6.54 Å². The average Bonchev–Trinajstić information content (AvgIpc) is 2.80. The van der Waals surface area contributed by atoms with Crippen molar-refractivity contribution in [3.05, 3.63) is 94.6 Å². The predicted molar refractivity (Wildman–Crippen MR) is 120 cm³/mol. The van der Waals surface area contributed by atoms with E-state index in [-0.39, 0.29) is 0 Å². The molecule has 4 aromatic rings. The summed E-state index contributed by atoms with van der Waals surface area (Å²) in [5.74, 6) is 0.775. The maximum absolute atomic E-state index is 4.80. The Labute approximate surface area is 184 Å². The van der Waals surface area contributed by atoms with E-state index in [9.17, 15) is 0 Å². The van der Waals surface area contributed by atoms with Gasteiger partial charge in [0, 0.05) is 72.0 Å². The lowest BCUT2D eigenvalue weighted by atomic mass is 10.1. The van der Waals surface area contributed by atoms with Gasteiger partial charge in [-0.2, -0.15) is 0 Å². The average molecular weight is 458 g/mol. The topological polar surface area (TPSA) is 54.8 Å². The van der Waals surface area contributed by atoms with Gasteiger partial charge in [0.1, 0.15) is 0 Å². The van der Waals surface area contributed by atoms with Crippen LogP contribution in [0.2, 0.25) is 0 Å². The second-order valence-corrected chi connectivity index (χ2v) is 8.34. The van der Waals surface area contributed by atoms with Crippen molar-refractivity contribution < 1.29 is 0 Å².